The highest BCUT2D eigenvalue weighted by Crippen LogP contribution is 2.22. The van der Waals surface area contributed by atoms with E-state index in [-0.39, 0.29) is 0 Å². The van der Waals surface area contributed by atoms with Crippen LogP contribution in [0.5, 0.6) is 5.75 Å². The summed E-state index contributed by atoms with van der Waals surface area (Å²) in [6.45, 7) is 5.72. The number of rotatable bonds is 6. The second-order valence-corrected chi connectivity index (χ2v) is 5.77. The van der Waals surface area contributed by atoms with Gasteiger partial charge in [0, 0.05) is 24.0 Å². The molecule has 0 saturated carbocycles. The van der Waals surface area contributed by atoms with Crippen LogP contribution in [-0.2, 0) is 13.0 Å². The van der Waals surface area contributed by atoms with E-state index in [9.17, 15) is 0 Å². The molecule has 0 amide bonds. The fourth-order valence-electron chi connectivity index (χ4n) is 1.99. The third-order valence-corrected chi connectivity index (χ3v) is 3.98. The molecule has 0 fully saturated rings. The Hall–Kier alpha value is -1.39. The van der Waals surface area contributed by atoms with Crippen LogP contribution in [0, 0.1) is 13.8 Å². The van der Waals surface area contributed by atoms with E-state index < -0.39 is 0 Å². The molecule has 0 unspecified atom stereocenters. The molecule has 1 N–H and O–H groups in total. The van der Waals surface area contributed by atoms with Crippen LogP contribution in [0.15, 0.2) is 24.4 Å². The van der Waals surface area contributed by atoms with Crippen LogP contribution in [0.3, 0.4) is 0 Å². The summed E-state index contributed by atoms with van der Waals surface area (Å²) in [5.74, 6) is 1.01. The van der Waals surface area contributed by atoms with Gasteiger partial charge in [-0.2, -0.15) is 0 Å². The first-order chi connectivity index (χ1) is 9.20. The van der Waals surface area contributed by atoms with Crippen molar-refractivity contribution in [2.45, 2.75) is 26.8 Å². The Morgan fingerprint density at radius 1 is 1.26 bits per heavy atom. The Morgan fingerprint density at radius 2 is 2.00 bits per heavy atom. The van der Waals surface area contributed by atoms with E-state index in [1.165, 1.54) is 16.0 Å². The van der Waals surface area contributed by atoms with Gasteiger partial charge in [0.1, 0.15) is 5.75 Å². The SMILES string of the molecule is CNCc1cnc(CCOc2c(C)cccc2C)s1. The first kappa shape index (κ1) is 14.0. The zero-order valence-electron chi connectivity index (χ0n) is 11.7. The number of aromatic nitrogens is 1. The smallest absolute Gasteiger partial charge is 0.125 e. The van der Waals surface area contributed by atoms with E-state index in [2.05, 4.69) is 42.3 Å². The molecule has 2 rings (SSSR count). The fraction of sp³-hybridized carbons (Fsp3) is 0.400. The number of nitrogens with one attached hydrogen (secondary N) is 1. The van der Waals surface area contributed by atoms with Crippen molar-refractivity contribution in [1.29, 1.82) is 0 Å². The normalized spacial score (nSPS) is 10.7. The molecule has 0 radical (unpaired) electrons. The molecule has 1 aromatic carbocycles. The van der Waals surface area contributed by atoms with E-state index in [0.717, 1.165) is 23.7 Å². The van der Waals surface area contributed by atoms with Crippen molar-refractivity contribution in [2.24, 2.45) is 0 Å². The van der Waals surface area contributed by atoms with E-state index in [0.29, 0.717) is 6.61 Å². The van der Waals surface area contributed by atoms with Crippen LogP contribution in [0.2, 0.25) is 0 Å². The molecule has 4 heteroatoms. The quantitative estimate of drug-likeness (QED) is 0.880. The van der Waals surface area contributed by atoms with Crippen molar-refractivity contribution < 1.29 is 4.74 Å². The van der Waals surface area contributed by atoms with E-state index >= 15 is 0 Å². The monoisotopic (exact) mass is 276 g/mol. The lowest BCUT2D eigenvalue weighted by atomic mass is 10.1. The Morgan fingerprint density at radius 3 is 2.68 bits per heavy atom. The Balaban J connectivity index is 1.89. The second-order valence-electron chi connectivity index (χ2n) is 4.57. The number of para-hydroxylation sites is 1. The molecule has 2 aromatic rings. The number of hydrogen-bond donors (Lipinski definition) is 1. The highest BCUT2D eigenvalue weighted by molar-refractivity contribution is 7.11. The molecular formula is C15H20N2OS. The maximum Gasteiger partial charge on any atom is 0.125 e. The molecule has 1 heterocycles. The zero-order chi connectivity index (χ0) is 13.7. The molecule has 0 bridgehead atoms. The topological polar surface area (TPSA) is 34.2 Å². The number of aryl methyl sites for hydroxylation is 2. The van der Waals surface area contributed by atoms with Crippen molar-refractivity contribution >= 4 is 11.3 Å². The van der Waals surface area contributed by atoms with E-state index in [1.807, 2.05) is 13.2 Å². The van der Waals surface area contributed by atoms with Gasteiger partial charge in [-0.15, -0.1) is 11.3 Å². The summed E-state index contributed by atoms with van der Waals surface area (Å²) in [6.07, 6.45) is 2.80. The molecule has 19 heavy (non-hydrogen) atoms. The highest BCUT2D eigenvalue weighted by Gasteiger charge is 2.05. The van der Waals surface area contributed by atoms with Gasteiger partial charge in [0.25, 0.3) is 0 Å². The average Bonchev–Trinajstić information content (AvgIpc) is 2.81. The number of nitrogens with zero attached hydrogens (tertiary/aromatic N) is 1. The predicted octanol–water partition coefficient (Wildman–Crippen LogP) is 3.10. The van der Waals surface area contributed by atoms with E-state index in [4.69, 9.17) is 4.74 Å². The standard InChI is InChI=1S/C15H20N2OS/c1-11-5-4-6-12(2)15(11)18-8-7-14-17-10-13(19-14)9-16-3/h4-6,10,16H,7-9H2,1-3H3. The minimum absolute atomic E-state index is 0.679. The van der Waals surface area contributed by atoms with Crippen molar-refractivity contribution in [3.05, 3.63) is 45.4 Å². The van der Waals surface area contributed by atoms with Gasteiger partial charge in [-0.25, -0.2) is 4.98 Å². The Kier molecular flexibility index (Phi) is 4.93. The molecule has 0 spiro atoms. The Labute approximate surface area is 118 Å². The second kappa shape index (κ2) is 6.68. The molecule has 0 saturated heterocycles. The third-order valence-electron chi connectivity index (χ3n) is 2.92. The van der Waals surface area contributed by atoms with Gasteiger partial charge >= 0.3 is 0 Å². The number of hydrogen-bond acceptors (Lipinski definition) is 4. The minimum atomic E-state index is 0.679. The van der Waals surface area contributed by atoms with Crippen LogP contribution in [0.4, 0.5) is 0 Å². The minimum Gasteiger partial charge on any atom is -0.493 e. The molecule has 0 atom stereocenters. The van der Waals surface area contributed by atoms with Gasteiger partial charge in [-0.1, -0.05) is 18.2 Å². The van der Waals surface area contributed by atoms with Gasteiger partial charge in [-0.05, 0) is 32.0 Å². The van der Waals surface area contributed by atoms with Crippen molar-refractivity contribution in [3.8, 4) is 5.75 Å². The third kappa shape index (κ3) is 3.78. The summed E-state index contributed by atoms with van der Waals surface area (Å²) in [6, 6.07) is 6.22. The summed E-state index contributed by atoms with van der Waals surface area (Å²) in [5.41, 5.74) is 2.38. The summed E-state index contributed by atoms with van der Waals surface area (Å²) in [5, 5.41) is 4.27. The van der Waals surface area contributed by atoms with Crippen molar-refractivity contribution in [2.75, 3.05) is 13.7 Å². The fourth-order valence-corrected chi connectivity index (χ4v) is 2.90. The van der Waals surface area contributed by atoms with E-state index in [1.54, 1.807) is 11.3 Å². The summed E-state index contributed by atoms with van der Waals surface area (Å²) in [7, 11) is 1.95. The van der Waals surface area contributed by atoms with Gasteiger partial charge < -0.3 is 10.1 Å². The summed E-state index contributed by atoms with van der Waals surface area (Å²) in [4.78, 5) is 5.68. The maximum absolute atomic E-state index is 5.89. The number of ether oxygens (including phenoxy) is 1. The van der Waals surface area contributed by atoms with Crippen LogP contribution in [0.25, 0.3) is 0 Å². The lowest BCUT2D eigenvalue weighted by Crippen LogP contribution is -2.03. The summed E-state index contributed by atoms with van der Waals surface area (Å²) >= 11 is 1.75. The molecule has 0 aliphatic carbocycles. The van der Waals surface area contributed by atoms with Crippen molar-refractivity contribution in [3.63, 3.8) is 0 Å². The van der Waals surface area contributed by atoms with Crippen LogP contribution >= 0.6 is 11.3 Å². The van der Waals surface area contributed by atoms with Crippen LogP contribution < -0.4 is 10.1 Å². The maximum atomic E-state index is 5.89. The molecule has 3 nitrogen and oxygen atoms in total. The molecule has 102 valence electrons. The lowest BCUT2D eigenvalue weighted by Gasteiger charge is -2.10. The largest absolute Gasteiger partial charge is 0.493 e. The molecule has 0 aliphatic heterocycles. The van der Waals surface area contributed by atoms with Gasteiger partial charge in [0.2, 0.25) is 0 Å². The van der Waals surface area contributed by atoms with Crippen LogP contribution in [-0.4, -0.2) is 18.6 Å². The van der Waals surface area contributed by atoms with Crippen molar-refractivity contribution in [1.82, 2.24) is 10.3 Å². The first-order valence-corrected chi connectivity index (χ1v) is 7.29. The average molecular weight is 276 g/mol. The Bertz CT molecular complexity index is 516. The van der Waals surface area contributed by atoms with Crippen LogP contribution in [0.1, 0.15) is 21.0 Å². The van der Waals surface area contributed by atoms with Gasteiger partial charge in [0.15, 0.2) is 0 Å². The highest BCUT2D eigenvalue weighted by atomic mass is 32.1. The lowest BCUT2D eigenvalue weighted by molar-refractivity contribution is 0.317. The number of benzene rings is 1. The zero-order valence-corrected chi connectivity index (χ0v) is 12.5. The molecule has 0 aliphatic rings. The first-order valence-electron chi connectivity index (χ1n) is 6.48. The molecule has 1 aromatic heterocycles. The van der Waals surface area contributed by atoms with Gasteiger partial charge in [0.05, 0.1) is 11.6 Å². The molecular weight excluding hydrogens is 256 g/mol. The number of thiazole rings is 1. The van der Waals surface area contributed by atoms with Gasteiger partial charge in [-0.3, -0.25) is 0 Å². The summed E-state index contributed by atoms with van der Waals surface area (Å²) < 4.78 is 5.89. The predicted molar refractivity (Wildman–Crippen MR) is 80.0 cm³/mol.